The molecular weight excluding hydrogens is 431 g/mol. The first kappa shape index (κ1) is 23.7. The normalized spacial score (nSPS) is 15.5. The number of rotatable bonds is 9. The zero-order valence-electron chi connectivity index (χ0n) is 18.2. The number of nitrogens with zero attached hydrogens (tertiary/aromatic N) is 3. The molecule has 11 heteroatoms. The van der Waals surface area contributed by atoms with E-state index < -0.39 is 23.9 Å². The molecule has 0 radical (unpaired) electrons. The standard InChI is InChI=1S/C21H26F3N3O5/c1-4-6-14-16(8-7-15-17(14)32-25-18(15)21(22,23)24)31-12-5-9-26-10-11-27(20(26)29)13(2)19(28)30-3/h7-8,13H,4-6,9-12H2,1-3H3. The van der Waals surface area contributed by atoms with Gasteiger partial charge in [-0.1, -0.05) is 18.5 Å². The summed E-state index contributed by atoms with van der Waals surface area (Å²) in [5.41, 5.74) is -0.420. The van der Waals surface area contributed by atoms with Crippen LogP contribution in [-0.4, -0.2) is 66.3 Å². The van der Waals surface area contributed by atoms with Crippen molar-refractivity contribution in [3.8, 4) is 5.75 Å². The van der Waals surface area contributed by atoms with Crippen LogP contribution in [0.3, 0.4) is 0 Å². The second-order valence-corrected chi connectivity index (χ2v) is 7.56. The van der Waals surface area contributed by atoms with E-state index in [-0.39, 0.29) is 23.6 Å². The molecule has 1 saturated heterocycles. The minimum absolute atomic E-state index is 0.0823. The van der Waals surface area contributed by atoms with Crippen molar-refractivity contribution < 1.29 is 36.8 Å². The molecule has 0 saturated carbocycles. The molecule has 0 bridgehead atoms. The van der Waals surface area contributed by atoms with Crippen molar-refractivity contribution in [2.24, 2.45) is 0 Å². The molecule has 0 aliphatic carbocycles. The Morgan fingerprint density at radius 1 is 1.31 bits per heavy atom. The predicted octanol–water partition coefficient (Wildman–Crippen LogP) is 3.87. The van der Waals surface area contributed by atoms with Crippen LogP contribution in [0.2, 0.25) is 0 Å². The molecular formula is C21H26F3N3O5. The van der Waals surface area contributed by atoms with Gasteiger partial charge in [0.1, 0.15) is 11.8 Å². The van der Waals surface area contributed by atoms with Crippen LogP contribution in [0.25, 0.3) is 11.0 Å². The summed E-state index contributed by atoms with van der Waals surface area (Å²) >= 11 is 0. The maximum atomic E-state index is 13.1. The highest BCUT2D eigenvalue weighted by molar-refractivity contribution is 5.85. The van der Waals surface area contributed by atoms with Crippen LogP contribution in [-0.2, 0) is 22.1 Å². The van der Waals surface area contributed by atoms with E-state index in [1.807, 2.05) is 6.92 Å². The number of esters is 1. The lowest BCUT2D eigenvalue weighted by Crippen LogP contribution is -2.42. The summed E-state index contributed by atoms with van der Waals surface area (Å²) in [4.78, 5) is 27.3. The largest absolute Gasteiger partial charge is 0.493 e. The number of fused-ring (bicyclic) bond motifs is 1. The average molecular weight is 457 g/mol. The van der Waals surface area contributed by atoms with Gasteiger partial charge in [0.05, 0.1) is 19.1 Å². The molecule has 32 heavy (non-hydrogen) atoms. The number of halogens is 3. The van der Waals surface area contributed by atoms with E-state index in [0.717, 1.165) is 0 Å². The molecule has 1 fully saturated rings. The molecule has 1 aliphatic heterocycles. The van der Waals surface area contributed by atoms with Gasteiger partial charge in [-0.3, -0.25) is 0 Å². The maximum absolute atomic E-state index is 13.1. The number of ether oxygens (including phenoxy) is 2. The van der Waals surface area contributed by atoms with Crippen molar-refractivity contribution in [3.63, 3.8) is 0 Å². The SMILES string of the molecule is CCCc1c(OCCCN2CCN(C(C)C(=O)OC)C2=O)ccc2c(C(F)(F)F)noc12. The van der Waals surface area contributed by atoms with Gasteiger partial charge in [-0.15, -0.1) is 0 Å². The number of hydrogen-bond acceptors (Lipinski definition) is 6. The number of amides is 2. The summed E-state index contributed by atoms with van der Waals surface area (Å²) in [5.74, 6) is -0.0265. The van der Waals surface area contributed by atoms with Crippen LogP contribution in [0.1, 0.15) is 37.9 Å². The Morgan fingerprint density at radius 3 is 2.72 bits per heavy atom. The first-order valence-corrected chi connectivity index (χ1v) is 10.4. The summed E-state index contributed by atoms with van der Waals surface area (Å²) in [6.07, 6.45) is -2.92. The first-order chi connectivity index (χ1) is 15.2. The fourth-order valence-corrected chi connectivity index (χ4v) is 3.77. The van der Waals surface area contributed by atoms with Crippen LogP contribution in [0.5, 0.6) is 5.75 Å². The summed E-state index contributed by atoms with van der Waals surface area (Å²) < 4.78 is 54.9. The third-order valence-electron chi connectivity index (χ3n) is 5.44. The number of benzene rings is 1. The monoisotopic (exact) mass is 457 g/mol. The van der Waals surface area contributed by atoms with Gasteiger partial charge in [0.2, 0.25) is 0 Å². The molecule has 0 N–H and O–H groups in total. The molecule has 1 aliphatic rings. The topological polar surface area (TPSA) is 85.1 Å². The van der Waals surface area contributed by atoms with Crippen LogP contribution in [0.4, 0.5) is 18.0 Å². The van der Waals surface area contributed by atoms with E-state index >= 15 is 0 Å². The summed E-state index contributed by atoms with van der Waals surface area (Å²) in [6, 6.07) is 1.91. The number of aryl methyl sites for hydroxylation is 1. The highest BCUT2D eigenvalue weighted by atomic mass is 19.4. The molecule has 8 nitrogen and oxygen atoms in total. The van der Waals surface area contributed by atoms with Gasteiger partial charge < -0.3 is 23.8 Å². The van der Waals surface area contributed by atoms with Crippen molar-refractivity contribution in [1.82, 2.24) is 15.0 Å². The number of methoxy groups -OCH3 is 1. The number of aromatic nitrogens is 1. The number of urea groups is 1. The molecule has 0 spiro atoms. The molecule has 2 heterocycles. The zero-order valence-corrected chi connectivity index (χ0v) is 18.2. The van der Waals surface area contributed by atoms with Gasteiger partial charge in [-0.2, -0.15) is 13.2 Å². The lowest BCUT2D eigenvalue weighted by Gasteiger charge is -2.22. The van der Waals surface area contributed by atoms with E-state index in [4.69, 9.17) is 14.0 Å². The second-order valence-electron chi connectivity index (χ2n) is 7.56. The minimum atomic E-state index is -4.60. The highest BCUT2D eigenvalue weighted by Crippen LogP contribution is 2.38. The van der Waals surface area contributed by atoms with Crippen molar-refractivity contribution in [3.05, 3.63) is 23.4 Å². The third-order valence-corrected chi connectivity index (χ3v) is 5.44. The Balaban J connectivity index is 1.61. The van der Waals surface area contributed by atoms with Crippen LogP contribution >= 0.6 is 0 Å². The van der Waals surface area contributed by atoms with E-state index in [2.05, 4.69) is 5.16 Å². The molecule has 2 amide bonds. The fraction of sp³-hybridized carbons (Fsp3) is 0.571. The van der Waals surface area contributed by atoms with Gasteiger partial charge in [0, 0.05) is 25.2 Å². The molecule has 2 aromatic rings. The van der Waals surface area contributed by atoms with E-state index in [0.29, 0.717) is 50.2 Å². The van der Waals surface area contributed by atoms with Crippen molar-refractivity contribution in [1.29, 1.82) is 0 Å². The molecule has 1 aromatic carbocycles. The molecule has 176 valence electrons. The Kier molecular flexibility index (Phi) is 7.15. The van der Waals surface area contributed by atoms with Crippen LogP contribution in [0, 0.1) is 0 Å². The Hall–Kier alpha value is -2.98. The van der Waals surface area contributed by atoms with Gasteiger partial charge in [-0.25, -0.2) is 9.59 Å². The number of carbonyl (C=O) groups excluding carboxylic acids is 2. The molecule has 1 atom stereocenters. The van der Waals surface area contributed by atoms with Crippen molar-refractivity contribution in [2.45, 2.75) is 45.3 Å². The molecule has 3 rings (SSSR count). The number of hydrogen-bond donors (Lipinski definition) is 0. The highest BCUT2D eigenvalue weighted by Gasteiger charge is 2.38. The van der Waals surface area contributed by atoms with Gasteiger partial charge in [-0.05, 0) is 31.9 Å². The summed E-state index contributed by atoms with van der Waals surface area (Å²) in [6.45, 7) is 5.14. The van der Waals surface area contributed by atoms with Crippen molar-refractivity contribution in [2.75, 3.05) is 33.4 Å². The van der Waals surface area contributed by atoms with E-state index in [1.165, 1.54) is 24.1 Å². The summed E-state index contributed by atoms with van der Waals surface area (Å²) in [5, 5.41) is 3.12. The van der Waals surface area contributed by atoms with Gasteiger partial charge in [0.25, 0.3) is 0 Å². The summed E-state index contributed by atoms with van der Waals surface area (Å²) in [7, 11) is 1.28. The molecule has 1 unspecified atom stereocenters. The average Bonchev–Trinajstić information content (AvgIpc) is 3.35. The van der Waals surface area contributed by atoms with Crippen LogP contribution in [0.15, 0.2) is 16.7 Å². The quantitative estimate of drug-likeness (QED) is 0.420. The maximum Gasteiger partial charge on any atom is 0.437 e. The van der Waals surface area contributed by atoms with E-state index in [9.17, 15) is 22.8 Å². The third kappa shape index (κ3) is 4.76. The van der Waals surface area contributed by atoms with E-state index in [1.54, 1.807) is 11.8 Å². The van der Waals surface area contributed by atoms with Gasteiger partial charge in [0.15, 0.2) is 11.3 Å². The minimum Gasteiger partial charge on any atom is -0.493 e. The second kappa shape index (κ2) is 9.66. The van der Waals surface area contributed by atoms with Crippen LogP contribution < -0.4 is 4.74 Å². The zero-order chi connectivity index (χ0) is 23.5. The Bertz CT molecular complexity index is 975. The first-order valence-electron chi connectivity index (χ1n) is 10.4. The predicted molar refractivity (Wildman–Crippen MR) is 108 cm³/mol. The lowest BCUT2D eigenvalue weighted by molar-refractivity contribution is -0.145. The number of alkyl halides is 3. The van der Waals surface area contributed by atoms with Crippen molar-refractivity contribution >= 4 is 23.0 Å². The fourth-order valence-electron chi connectivity index (χ4n) is 3.77. The Morgan fingerprint density at radius 2 is 2.06 bits per heavy atom. The van der Waals surface area contributed by atoms with Gasteiger partial charge >= 0.3 is 18.2 Å². The molecule has 1 aromatic heterocycles. The smallest absolute Gasteiger partial charge is 0.437 e. The lowest BCUT2D eigenvalue weighted by atomic mass is 10.0. The number of carbonyl (C=O) groups is 2. The Labute approximate surface area is 183 Å².